The van der Waals surface area contributed by atoms with Gasteiger partial charge in [0.1, 0.15) is 0 Å². The quantitative estimate of drug-likeness (QED) is 0.695. The molecule has 1 amide bonds. The highest BCUT2D eigenvalue weighted by Crippen LogP contribution is 2.26. The number of carbonyl (C=O) groups excluding carboxylic acids is 1. The Morgan fingerprint density at radius 2 is 1.96 bits per heavy atom. The number of carbonyl (C=O) groups is 1. The molecule has 4 rings (SSSR count). The number of aromatic nitrogens is 1. The molecule has 0 bridgehead atoms. The van der Waals surface area contributed by atoms with Crippen LogP contribution in [0.25, 0.3) is 10.2 Å². The second-order valence-corrected chi connectivity index (χ2v) is 9.75. The van der Waals surface area contributed by atoms with E-state index in [1.807, 2.05) is 19.1 Å². The van der Waals surface area contributed by atoms with E-state index < -0.39 is 10.0 Å². The van der Waals surface area contributed by atoms with Gasteiger partial charge >= 0.3 is 0 Å². The molecular weight excluding hydrogens is 394 g/mol. The van der Waals surface area contributed by atoms with Gasteiger partial charge in [0, 0.05) is 23.8 Å². The number of thiazole rings is 1. The molecule has 28 heavy (non-hydrogen) atoms. The van der Waals surface area contributed by atoms with Crippen LogP contribution in [-0.2, 0) is 10.0 Å². The van der Waals surface area contributed by atoms with Gasteiger partial charge in [-0.2, -0.15) is 4.31 Å². The van der Waals surface area contributed by atoms with Crippen molar-refractivity contribution in [1.29, 1.82) is 0 Å². The van der Waals surface area contributed by atoms with E-state index in [0.29, 0.717) is 17.8 Å². The molecule has 3 aromatic rings. The predicted octanol–water partition coefficient (Wildman–Crippen LogP) is 4.11. The lowest BCUT2D eigenvalue weighted by atomic mass is 10.1. The fourth-order valence-electron chi connectivity index (χ4n) is 3.48. The number of rotatable bonds is 4. The molecule has 1 atom stereocenters. The minimum atomic E-state index is -3.53. The summed E-state index contributed by atoms with van der Waals surface area (Å²) in [5, 5.41) is 2.85. The molecule has 1 aromatic heterocycles. The van der Waals surface area contributed by atoms with E-state index in [1.165, 1.54) is 23.5 Å². The van der Waals surface area contributed by atoms with Gasteiger partial charge in [0.25, 0.3) is 5.91 Å². The minimum absolute atomic E-state index is 0.00313. The van der Waals surface area contributed by atoms with E-state index in [9.17, 15) is 13.2 Å². The first-order chi connectivity index (χ1) is 13.4. The maximum Gasteiger partial charge on any atom is 0.255 e. The average molecular weight is 416 g/mol. The molecule has 1 saturated heterocycles. The van der Waals surface area contributed by atoms with Gasteiger partial charge in [-0.15, -0.1) is 11.3 Å². The number of hydrogen-bond acceptors (Lipinski definition) is 5. The molecule has 0 saturated carbocycles. The van der Waals surface area contributed by atoms with Crippen LogP contribution >= 0.6 is 11.3 Å². The molecule has 0 spiro atoms. The lowest BCUT2D eigenvalue weighted by Gasteiger charge is -2.32. The lowest BCUT2D eigenvalue weighted by molar-refractivity contribution is 0.102. The third kappa shape index (κ3) is 3.67. The van der Waals surface area contributed by atoms with E-state index in [1.54, 1.807) is 28.0 Å². The van der Waals surface area contributed by atoms with Crippen molar-refractivity contribution >= 4 is 43.2 Å². The highest BCUT2D eigenvalue weighted by molar-refractivity contribution is 7.89. The predicted molar refractivity (Wildman–Crippen MR) is 111 cm³/mol. The molecule has 0 unspecified atom stereocenters. The van der Waals surface area contributed by atoms with Crippen LogP contribution in [-0.4, -0.2) is 36.2 Å². The Morgan fingerprint density at radius 3 is 2.71 bits per heavy atom. The Kier molecular flexibility index (Phi) is 5.18. The second kappa shape index (κ2) is 7.62. The van der Waals surface area contributed by atoms with Crippen LogP contribution in [0.1, 0.15) is 36.5 Å². The Labute approximate surface area is 168 Å². The number of amides is 1. The number of hydrogen-bond donors (Lipinski definition) is 1. The summed E-state index contributed by atoms with van der Waals surface area (Å²) in [5.41, 5.74) is 3.75. The van der Waals surface area contributed by atoms with Gasteiger partial charge in [-0.05, 0) is 62.2 Å². The number of benzene rings is 2. The van der Waals surface area contributed by atoms with E-state index in [2.05, 4.69) is 10.3 Å². The van der Waals surface area contributed by atoms with Crippen molar-refractivity contribution < 1.29 is 13.2 Å². The number of sulfonamides is 1. The summed E-state index contributed by atoms with van der Waals surface area (Å²) in [6.45, 7) is 2.49. The lowest BCUT2D eigenvalue weighted by Crippen LogP contribution is -2.41. The Hall–Kier alpha value is -2.29. The van der Waals surface area contributed by atoms with Gasteiger partial charge in [0.05, 0.1) is 20.6 Å². The molecule has 1 N–H and O–H groups in total. The van der Waals surface area contributed by atoms with E-state index in [-0.39, 0.29) is 16.8 Å². The molecule has 8 heteroatoms. The van der Waals surface area contributed by atoms with Crippen molar-refractivity contribution in [3.8, 4) is 0 Å². The molecule has 0 aliphatic carbocycles. The first-order valence-electron chi connectivity index (χ1n) is 9.22. The first-order valence-corrected chi connectivity index (χ1v) is 11.5. The third-order valence-electron chi connectivity index (χ3n) is 5.05. The maximum atomic E-state index is 12.9. The number of piperidine rings is 1. The van der Waals surface area contributed by atoms with Crippen molar-refractivity contribution in [2.24, 2.45) is 0 Å². The van der Waals surface area contributed by atoms with Crippen LogP contribution in [0, 0.1) is 0 Å². The Morgan fingerprint density at radius 1 is 1.18 bits per heavy atom. The molecular formula is C20H21N3O3S2. The van der Waals surface area contributed by atoms with Gasteiger partial charge in [-0.1, -0.05) is 6.42 Å². The molecule has 1 aliphatic rings. The van der Waals surface area contributed by atoms with Gasteiger partial charge < -0.3 is 5.32 Å². The standard InChI is InChI=1S/C20H21N3O3S2/c1-14-4-2-3-11-23(14)28(25,26)17-8-5-15(6-9-17)20(24)22-16-7-10-18-19(12-16)27-13-21-18/h5-10,12-14H,2-4,11H2,1H3,(H,22,24)/t14-/m0/s1. The minimum Gasteiger partial charge on any atom is -0.322 e. The van der Waals surface area contributed by atoms with Crippen molar-refractivity contribution in [2.45, 2.75) is 37.1 Å². The van der Waals surface area contributed by atoms with Gasteiger partial charge in [-0.25, -0.2) is 13.4 Å². The van der Waals surface area contributed by atoms with Crippen LogP contribution in [0.15, 0.2) is 52.9 Å². The van der Waals surface area contributed by atoms with Crippen molar-refractivity contribution in [3.63, 3.8) is 0 Å². The van der Waals surface area contributed by atoms with Crippen molar-refractivity contribution in [3.05, 3.63) is 53.5 Å². The van der Waals surface area contributed by atoms with Crippen LogP contribution < -0.4 is 5.32 Å². The molecule has 1 fully saturated rings. The fraction of sp³-hybridized carbons (Fsp3) is 0.300. The van der Waals surface area contributed by atoms with Crippen LogP contribution in [0.2, 0.25) is 0 Å². The maximum absolute atomic E-state index is 12.9. The van der Waals surface area contributed by atoms with Crippen molar-refractivity contribution in [2.75, 3.05) is 11.9 Å². The second-order valence-electron chi connectivity index (χ2n) is 6.97. The highest BCUT2D eigenvalue weighted by atomic mass is 32.2. The number of anilines is 1. The van der Waals surface area contributed by atoms with Crippen LogP contribution in [0.3, 0.4) is 0 Å². The zero-order chi connectivity index (χ0) is 19.7. The monoisotopic (exact) mass is 415 g/mol. The fourth-order valence-corrected chi connectivity index (χ4v) is 5.89. The number of fused-ring (bicyclic) bond motifs is 1. The summed E-state index contributed by atoms with van der Waals surface area (Å²) in [6, 6.07) is 11.7. The largest absolute Gasteiger partial charge is 0.322 e. The average Bonchev–Trinajstić information content (AvgIpc) is 3.16. The van der Waals surface area contributed by atoms with Gasteiger partial charge in [0.15, 0.2) is 0 Å². The Balaban J connectivity index is 1.51. The van der Waals surface area contributed by atoms with Crippen LogP contribution in [0.4, 0.5) is 5.69 Å². The smallest absolute Gasteiger partial charge is 0.255 e. The SMILES string of the molecule is C[C@H]1CCCCN1S(=O)(=O)c1ccc(C(=O)Nc2ccc3ncsc3c2)cc1. The summed E-state index contributed by atoms with van der Waals surface area (Å²) in [7, 11) is -3.53. The summed E-state index contributed by atoms with van der Waals surface area (Å²) < 4.78 is 28.3. The molecule has 0 radical (unpaired) electrons. The van der Waals surface area contributed by atoms with E-state index in [0.717, 1.165) is 29.5 Å². The molecule has 1 aliphatic heterocycles. The third-order valence-corrected chi connectivity index (χ3v) is 7.87. The molecule has 2 heterocycles. The molecule has 6 nitrogen and oxygen atoms in total. The van der Waals surface area contributed by atoms with Gasteiger partial charge in [-0.3, -0.25) is 4.79 Å². The topological polar surface area (TPSA) is 79.4 Å². The summed E-state index contributed by atoms with van der Waals surface area (Å²) in [4.78, 5) is 17.0. The number of nitrogens with zero attached hydrogens (tertiary/aromatic N) is 2. The summed E-state index contributed by atoms with van der Waals surface area (Å²) in [5.74, 6) is -0.279. The van der Waals surface area contributed by atoms with Gasteiger partial charge in [0.2, 0.25) is 10.0 Å². The zero-order valence-electron chi connectivity index (χ0n) is 15.5. The first kappa shape index (κ1) is 19.0. The van der Waals surface area contributed by atoms with E-state index >= 15 is 0 Å². The summed E-state index contributed by atoms with van der Waals surface area (Å²) in [6.07, 6.45) is 2.82. The van der Waals surface area contributed by atoms with E-state index in [4.69, 9.17) is 0 Å². The van der Waals surface area contributed by atoms with Crippen molar-refractivity contribution in [1.82, 2.24) is 9.29 Å². The Bertz CT molecular complexity index is 1110. The zero-order valence-corrected chi connectivity index (χ0v) is 17.1. The normalized spacial score (nSPS) is 18.2. The molecule has 2 aromatic carbocycles. The van der Waals surface area contributed by atoms with Crippen LogP contribution in [0.5, 0.6) is 0 Å². The number of nitrogens with one attached hydrogen (secondary N) is 1. The molecule has 146 valence electrons. The highest BCUT2D eigenvalue weighted by Gasteiger charge is 2.30. The summed E-state index contributed by atoms with van der Waals surface area (Å²) >= 11 is 1.51.